The van der Waals surface area contributed by atoms with Gasteiger partial charge in [-0.25, -0.2) is 0 Å². The Hall–Kier alpha value is -1.54. The van der Waals surface area contributed by atoms with Crippen molar-refractivity contribution in [2.24, 2.45) is 5.92 Å². The monoisotopic (exact) mass is 337 g/mol. The van der Waals surface area contributed by atoms with E-state index >= 15 is 0 Å². The number of amides is 2. The molecule has 2 amide bonds. The molecular weight excluding hydrogens is 314 g/mol. The van der Waals surface area contributed by atoms with Gasteiger partial charge in [0, 0.05) is 32.1 Å². The highest BCUT2D eigenvalue weighted by Crippen LogP contribution is 2.25. The molecule has 2 fully saturated rings. The molecule has 0 spiro atoms. The van der Waals surface area contributed by atoms with Crippen molar-refractivity contribution in [2.45, 2.75) is 32.1 Å². The van der Waals surface area contributed by atoms with Crippen LogP contribution < -0.4 is 5.32 Å². The maximum absolute atomic E-state index is 12.5. The second-order valence-electron chi connectivity index (χ2n) is 6.23. The molecule has 0 radical (unpaired) electrons. The number of hydrogen-bond acceptors (Lipinski definition) is 6. The van der Waals surface area contributed by atoms with E-state index in [0.29, 0.717) is 17.6 Å². The summed E-state index contributed by atoms with van der Waals surface area (Å²) in [5, 5.41) is 10.8. The molecular formula is C15H23N5O2S. The van der Waals surface area contributed by atoms with Crippen molar-refractivity contribution in [1.82, 2.24) is 20.0 Å². The van der Waals surface area contributed by atoms with E-state index in [4.69, 9.17) is 0 Å². The van der Waals surface area contributed by atoms with E-state index in [-0.39, 0.29) is 11.8 Å². The van der Waals surface area contributed by atoms with Crippen molar-refractivity contribution in [3.8, 4) is 0 Å². The first-order chi connectivity index (χ1) is 11.2. The highest BCUT2D eigenvalue weighted by Gasteiger charge is 2.28. The lowest BCUT2D eigenvalue weighted by Gasteiger charge is -2.36. The summed E-state index contributed by atoms with van der Waals surface area (Å²) in [5.41, 5.74) is 1.59. The van der Waals surface area contributed by atoms with Crippen LogP contribution in [-0.2, 0) is 9.59 Å². The van der Waals surface area contributed by atoms with Crippen LogP contribution in [0.15, 0.2) is 5.51 Å². The molecule has 1 aromatic rings. The largest absolute Gasteiger partial charge is 0.340 e. The van der Waals surface area contributed by atoms with Crippen molar-refractivity contribution in [2.75, 3.05) is 38.0 Å². The number of hydrogen-bond donors (Lipinski definition) is 1. The van der Waals surface area contributed by atoms with E-state index in [1.165, 1.54) is 30.6 Å². The lowest BCUT2D eigenvalue weighted by atomic mass is 9.88. The SMILES string of the molecule is O=C(CN1CCN(C(=O)C2CCCCC2)CC1)Nc1nncs1. The van der Waals surface area contributed by atoms with Gasteiger partial charge in [0.15, 0.2) is 0 Å². The molecule has 0 unspecified atom stereocenters. The average molecular weight is 337 g/mol. The van der Waals surface area contributed by atoms with E-state index < -0.39 is 0 Å². The maximum Gasteiger partial charge on any atom is 0.240 e. The van der Waals surface area contributed by atoms with E-state index in [0.717, 1.165) is 39.0 Å². The molecule has 8 heteroatoms. The number of nitrogens with zero attached hydrogens (tertiary/aromatic N) is 4. The van der Waals surface area contributed by atoms with Crippen molar-refractivity contribution >= 4 is 28.3 Å². The molecule has 1 N–H and O–H groups in total. The molecule has 1 aliphatic heterocycles. The quantitative estimate of drug-likeness (QED) is 0.893. The predicted octanol–water partition coefficient (Wildman–Crippen LogP) is 1.20. The molecule has 1 aliphatic carbocycles. The van der Waals surface area contributed by atoms with Crippen molar-refractivity contribution in [3.05, 3.63) is 5.51 Å². The first kappa shape index (κ1) is 16.3. The summed E-state index contributed by atoms with van der Waals surface area (Å²) in [6.45, 7) is 3.29. The number of carbonyl (C=O) groups is 2. The van der Waals surface area contributed by atoms with Gasteiger partial charge in [0.25, 0.3) is 0 Å². The Morgan fingerprint density at radius 3 is 2.57 bits per heavy atom. The average Bonchev–Trinajstić information content (AvgIpc) is 3.08. The van der Waals surface area contributed by atoms with Crippen LogP contribution in [0.3, 0.4) is 0 Å². The predicted molar refractivity (Wildman–Crippen MR) is 88.1 cm³/mol. The van der Waals surface area contributed by atoms with Gasteiger partial charge in [-0.1, -0.05) is 30.6 Å². The van der Waals surface area contributed by atoms with Crippen LogP contribution in [0.25, 0.3) is 0 Å². The molecule has 0 bridgehead atoms. The van der Waals surface area contributed by atoms with Crippen LogP contribution in [0.2, 0.25) is 0 Å². The minimum Gasteiger partial charge on any atom is -0.340 e. The molecule has 7 nitrogen and oxygen atoms in total. The minimum absolute atomic E-state index is 0.0752. The molecule has 1 saturated heterocycles. The van der Waals surface area contributed by atoms with E-state index in [9.17, 15) is 9.59 Å². The van der Waals surface area contributed by atoms with Crippen molar-refractivity contribution < 1.29 is 9.59 Å². The van der Waals surface area contributed by atoms with Crippen LogP contribution in [0.4, 0.5) is 5.13 Å². The number of anilines is 1. The molecule has 23 heavy (non-hydrogen) atoms. The zero-order valence-electron chi connectivity index (χ0n) is 13.2. The second kappa shape index (κ2) is 7.83. The fourth-order valence-corrected chi connectivity index (χ4v) is 3.78. The van der Waals surface area contributed by atoms with Crippen LogP contribution in [0.1, 0.15) is 32.1 Å². The maximum atomic E-state index is 12.5. The molecule has 1 saturated carbocycles. The molecule has 0 aromatic carbocycles. The Bertz CT molecular complexity index is 522. The van der Waals surface area contributed by atoms with Gasteiger partial charge in [0.1, 0.15) is 5.51 Å². The Labute approximate surface area is 140 Å². The van der Waals surface area contributed by atoms with Crippen molar-refractivity contribution in [3.63, 3.8) is 0 Å². The van der Waals surface area contributed by atoms with Gasteiger partial charge in [-0.2, -0.15) is 0 Å². The molecule has 2 heterocycles. The highest BCUT2D eigenvalue weighted by atomic mass is 32.1. The second-order valence-corrected chi connectivity index (χ2v) is 7.06. The van der Waals surface area contributed by atoms with Crippen LogP contribution in [0, 0.1) is 5.92 Å². The summed E-state index contributed by atoms with van der Waals surface area (Å²) < 4.78 is 0. The minimum atomic E-state index is -0.0752. The van der Waals surface area contributed by atoms with Crippen LogP contribution in [0.5, 0.6) is 0 Å². The third-order valence-corrected chi connectivity index (χ3v) is 5.22. The topological polar surface area (TPSA) is 78.4 Å². The number of rotatable bonds is 4. The van der Waals surface area contributed by atoms with Gasteiger partial charge in [-0.05, 0) is 12.8 Å². The fourth-order valence-electron chi connectivity index (χ4n) is 3.32. The highest BCUT2D eigenvalue weighted by molar-refractivity contribution is 7.13. The van der Waals surface area contributed by atoms with Gasteiger partial charge in [-0.15, -0.1) is 10.2 Å². The Balaban J connectivity index is 1.41. The van der Waals surface area contributed by atoms with Gasteiger partial charge in [-0.3, -0.25) is 19.8 Å². The summed E-state index contributed by atoms with van der Waals surface area (Å²) in [6.07, 6.45) is 5.72. The van der Waals surface area contributed by atoms with E-state index in [1.807, 2.05) is 4.90 Å². The third-order valence-electron chi connectivity index (χ3n) is 4.61. The van der Waals surface area contributed by atoms with Crippen LogP contribution >= 0.6 is 11.3 Å². The lowest BCUT2D eigenvalue weighted by molar-refractivity contribution is -0.138. The zero-order chi connectivity index (χ0) is 16.1. The summed E-state index contributed by atoms with van der Waals surface area (Å²) in [4.78, 5) is 28.5. The molecule has 3 rings (SSSR count). The van der Waals surface area contributed by atoms with E-state index in [2.05, 4.69) is 20.4 Å². The smallest absolute Gasteiger partial charge is 0.240 e. The van der Waals surface area contributed by atoms with Crippen LogP contribution in [-0.4, -0.2) is 64.5 Å². The van der Waals surface area contributed by atoms with Gasteiger partial charge in [0.2, 0.25) is 16.9 Å². The number of nitrogens with one attached hydrogen (secondary N) is 1. The van der Waals surface area contributed by atoms with Gasteiger partial charge >= 0.3 is 0 Å². The number of piperazine rings is 1. The normalized spacial score (nSPS) is 20.4. The Morgan fingerprint density at radius 2 is 1.91 bits per heavy atom. The van der Waals surface area contributed by atoms with Gasteiger partial charge in [0.05, 0.1) is 6.54 Å². The lowest BCUT2D eigenvalue weighted by Crippen LogP contribution is -2.52. The molecule has 0 atom stereocenters. The Kier molecular flexibility index (Phi) is 5.56. The summed E-state index contributed by atoms with van der Waals surface area (Å²) >= 11 is 1.31. The molecule has 126 valence electrons. The number of aromatic nitrogens is 2. The van der Waals surface area contributed by atoms with Gasteiger partial charge < -0.3 is 4.90 Å². The third kappa shape index (κ3) is 4.48. The fraction of sp³-hybridized carbons (Fsp3) is 0.733. The Morgan fingerprint density at radius 1 is 1.17 bits per heavy atom. The summed E-state index contributed by atoms with van der Waals surface area (Å²) in [5.74, 6) is 0.479. The first-order valence-corrected chi connectivity index (χ1v) is 9.17. The van der Waals surface area contributed by atoms with E-state index in [1.54, 1.807) is 5.51 Å². The standard InChI is InChI=1S/C15H23N5O2S/c21-13(17-15-18-16-11-23-15)10-19-6-8-20(9-7-19)14(22)12-4-2-1-3-5-12/h11-12H,1-10H2,(H,17,18,21). The molecule has 2 aliphatic rings. The summed E-state index contributed by atoms with van der Waals surface area (Å²) in [6, 6.07) is 0. The van der Waals surface area contributed by atoms with Crippen molar-refractivity contribution in [1.29, 1.82) is 0 Å². The first-order valence-electron chi connectivity index (χ1n) is 8.29. The molecule has 1 aromatic heterocycles. The number of carbonyl (C=O) groups excluding carboxylic acids is 2. The summed E-state index contributed by atoms with van der Waals surface area (Å²) in [7, 11) is 0. The zero-order valence-corrected chi connectivity index (χ0v) is 14.1.